The van der Waals surface area contributed by atoms with Gasteiger partial charge in [-0.3, -0.25) is 34.2 Å². The van der Waals surface area contributed by atoms with Gasteiger partial charge in [-0.05, 0) is 84.5 Å². The number of hydrogen-bond donors (Lipinski definition) is 2. The Balaban J connectivity index is 0.843. The number of fused-ring (bicyclic) bond motifs is 2. The smallest absolute Gasteiger partial charge is 0.340 e. The van der Waals surface area contributed by atoms with Crippen molar-refractivity contribution in [2.75, 3.05) is 37.2 Å². The van der Waals surface area contributed by atoms with Crippen LogP contribution in [-0.4, -0.2) is 96.8 Å². The van der Waals surface area contributed by atoms with Gasteiger partial charge in [0.05, 0.1) is 11.8 Å². The number of amides is 5. The van der Waals surface area contributed by atoms with Crippen LogP contribution in [0.3, 0.4) is 0 Å². The summed E-state index contributed by atoms with van der Waals surface area (Å²) >= 11 is 1.45. The molecule has 3 aliphatic rings. The van der Waals surface area contributed by atoms with Crippen LogP contribution in [0.15, 0.2) is 84.0 Å². The average molecular weight is 849 g/mol. The van der Waals surface area contributed by atoms with E-state index in [9.17, 15) is 37.1 Å². The minimum Gasteiger partial charge on any atom is -0.340 e. The van der Waals surface area contributed by atoms with Crippen molar-refractivity contribution in [1.82, 2.24) is 34.6 Å². The Bertz CT molecular complexity index is 2650. The Kier molecular flexibility index (Phi) is 11.6. The predicted octanol–water partition coefficient (Wildman–Crippen LogP) is 5.30. The first kappa shape index (κ1) is 41.2. The van der Waals surface area contributed by atoms with Gasteiger partial charge in [-0.15, -0.1) is 11.8 Å². The van der Waals surface area contributed by atoms with Gasteiger partial charge in [0.25, 0.3) is 11.8 Å². The minimum absolute atomic E-state index is 0.00179. The normalized spacial score (nSPS) is 16.9. The number of anilines is 1. The fourth-order valence-electron chi connectivity index (χ4n) is 7.70. The van der Waals surface area contributed by atoms with E-state index in [0.29, 0.717) is 54.4 Å². The third-order valence-electron chi connectivity index (χ3n) is 11.0. The van der Waals surface area contributed by atoms with Crippen molar-refractivity contribution >= 4 is 52.6 Å². The zero-order chi connectivity index (χ0) is 42.8. The Hall–Kier alpha value is -6.51. The maximum atomic E-state index is 14.4. The van der Waals surface area contributed by atoms with Gasteiger partial charge < -0.3 is 15.1 Å². The summed E-state index contributed by atoms with van der Waals surface area (Å²) in [6.45, 7) is 3.56. The van der Waals surface area contributed by atoms with Crippen LogP contribution in [0.5, 0.6) is 0 Å². The van der Waals surface area contributed by atoms with Crippen LogP contribution in [0.1, 0.15) is 73.5 Å². The molecule has 2 N–H and O–H groups in total. The molecule has 2 saturated heterocycles. The summed E-state index contributed by atoms with van der Waals surface area (Å²) in [6.07, 6.45) is -0.808. The lowest BCUT2D eigenvalue weighted by Gasteiger charge is -2.35. The Morgan fingerprint density at radius 1 is 0.984 bits per heavy atom. The van der Waals surface area contributed by atoms with Crippen LogP contribution < -0.4 is 10.6 Å². The van der Waals surface area contributed by atoms with E-state index in [1.807, 2.05) is 17.9 Å². The summed E-state index contributed by atoms with van der Waals surface area (Å²) in [5, 5.41) is 9.16. The number of aromatic nitrogens is 3. The molecule has 61 heavy (non-hydrogen) atoms. The number of rotatable bonds is 9. The van der Waals surface area contributed by atoms with Gasteiger partial charge in [-0.2, -0.15) is 18.3 Å². The van der Waals surface area contributed by atoms with Gasteiger partial charge in [0, 0.05) is 91.3 Å². The number of imide groups is 1. The van der Waals surface area contributed by atoms with Crippen LogP contribution in [0.4, 0.5) is 18.9 Å². The highest BCUT2D eigenvalue weighted by atomic mass is 32.2. The highest BCUT2D eigenvalue weighted by molar-refractivity contribution is 7.99. The maximum Gasteiger partial charge on any atom is 0.416 e. The van der Waals surface area contributed by atoms with Gasteiger partial charge >= 0.3 is 6.18 Å². The van der Waals surface area contributed by atoms with E-state index in [1.165, 1.54) is 28.8 Å². The molecule has 3 aromatic carbocycles. The van der Waals surface area contributed by atoms with Crippen LogP contribution in [0.25, 0.3) is 5.65 Å². The van der Waals surface area contributed by atoms with Crippen molar-refractivity contribution in [3.05, 3.63) is 124 Å². The number of carbonyl (C=O) groups excluding carboxylic acids is 5. The minimum atomic E-state index is -4.68. The molecular weight excluding hydrogens is 810 g/mol. The van der Waals surface area contributed by atoms with Crippen molar-refractivity contribution in [2.45, 2.75) is 56.4 Å². The molecule has 0 radical (unpaired) electrons. The van der Waals surface area contributed by atoms with Crippen molar-refractivity contribution < 1.29 is 37.1 Å². The monoisotopic (exact) mass is 848 g/mol. The predicted molar refractivity (Wildman–Crippen MR) is 219 cm³/mol. The van der Waals surface area contributed by atoms with E-state index < -0.39 is 29.6 Å². The summed E-state index contributed by atoms with van der Waals surface area (Å²) in [6, 6.07) is 16.9. The van der Waals surface area contributed by atoms with Gasteiger partial charge in [0.15, 0.2) is 5.65 Å². The van der Waals surface area contributed by atoms with Crippen molar-refractivity contribution in [1.29, 1.82) is 0 Å². The van der Waals surface area contributed by atoms with E-state index in [-0.39, 0.29) is 66.9 Å². The molecule has 3 aliphatic heterocycles. The molecule has 0 spiro atoms. The lowest BCUT2D eigenvalue weighted by molar-refractivity contribution is -0.139. The first-order valence-electron chi connectivity index (χ1n) is 19.6. The molecule has 2 aromatic heterocycles. The number of alkyl halides is 3. The van der Waals surface area contributed by atoms with Crippen molar-refractivity contribution in [2.24, 2.45) is 0 Å². The van der Waals surface area contributed by atoms with E-state index in [1.54, 1.807) is 64.3 Å². The fourth-order valence-corrected chi connectivity index (χ4v) is 8.72. The number of hydrogen-bond acceptors (Lipinski definition) is 9. The standard InChI is InChI=1S/C44H39F3N8O5S/c1-27-7-8-29(22-28(27)10-12-32-24-48-38-6-3-16-49-55(32)38)41(58)50-31-11-9-30(35(23-31)44(45,46)47)25-52-17-19-53(20-18-52)40(57)15-21-61-37-5-2-4-33-34(37)26-54(43(33)60)36-13-14-39(56)51-42(36)59/h2-9,11,16,22-24,36H,13-15,17-21,25-26H2,1H3,(H,50,58)(H,51,56,59). The zero-order valence-corrected chi connectivity index (χ0v) is 33.7. The van der Waals surface area contributed by atoms with Crippen molar-refractivity contribution in [3.63, 3.8) is 0 Å². The molecule has 8 rings (SSSR count). The Labute approximate surface area is 352 Å². The van der Waals surface area contributed by atoms with Gasteiger partial charge in [0.1, 0.15) is 11.7 Å². The summed E-state index contributed by atoms with van der Waals surface area (Å²) in [4.78, 5) is 73.9. The molecule has 2 fully saturated rings. The number of imidazole rings is 1. The number of carbonyl (C=O) groups is 5. The lowest BCUT2D eigenvalue weighted by Crippen LogP contribution is -2.52. The third kappa shape index (κ3) is 9.01. The summed E-state index contributed by atoms with van der Waals surface area (Å²) in [5.74, 6) is 4.77. The number of piperazine rings is 1. The lowest BCUT2D eigenvalue weighted by atomic mass is 10.0. The maximum absolute atomic E-state index is 14.4. The van der Waals surface area contributed by atoms with Gasteiger partial charge in [-0.1, -0.05) is 24.1 Å². The first-order valence-corrected chi connectivity index (χ1v) is 20.6. The second-order valence-corrected chi connectivity index (χ2v) is 16.1. The molecule has 1 atom stereocenters. The Morgan fingerprint density at radius 2 is 1.80 bits per heavy atom. The second kappa shape index (κ2) is 17.2. The molecule has 5 aromatic rings. The summed E-state index contributed by atoms with van der Waals surface area (Å²) in [7, 11) is 0. The number of aryl methyl sites for hydroxylation is 1. The van der Waals surface area contributed by atoms with E-state index in [4.69, 9.17) is 0 Å². The van der Waals surface area contributed by atoms with E-state index in [2.05, 4.69) is 32.6 Å². The van der Waals surface area contributed by atoms with Crippen molar-refractivity contribution in [3.8, 4) is 11.8 Å². The highest BCUT2D eigenvalue weighted by Crippen LogP contribution is 2.36. The third-order valence-corrected chi connectivity index (χ3v) is 12.1. The van der Waals surface area contributed by atoms with E-state index >= 15 is 0 Å². The number of benzene rings is 3. The zero-order valence-electron chi connectivity index (χ0n) is 32.9. The molecule has 0 bridgehead atoms. The van der Waals surface area contributed by atoms with E-state index in [0.717, 1.165) is 22.1 Å². The molecule has 17 heteroatoms. The van der Waals surface area contributed by atoms with Gasteiger partial charge in [-0.25, -0.2) is 9.50 Å². The molecule has 312 valence electrons. The summed E-state index contributed by atoms with van der Waals surface area (Å²) < 4.78 is 44.8. The number of thioether (sulfide) groups is 1. The molecule has 1 unspecified atom stereocenters. The molecule has 5 amide bonds. The molecular formula is C44H39F3N8O5S. The van der Waals surface area contributed by atoms with Gasteiger partial charge in [0.2, 0.25) is 17.7 Å². The van der Waals surface area contributed by atoms with Crippen LogP contribution in [0, 0.1) is 18.8 Å². The highest BCUT2D eigenvalue weighted by Gasteiger charge is 2.40. The summed E-state index contributed by atoms with van der Waals surface area (Å²) in [5.41, 5.74) is 3.30. The number of halogens is 3. The molecule has 0 aliphatic carbocycles. The quantitative estimate of drug-likeness (QED) is 0.115. The average Bonchev–Trinajstić information content (AvgIpc) is 3.81. The second-order valence-electron chi connectivity index (χ2n) is 15.0. The number of piperidine rings is 1. The SMILES string of the molecule is Cc1ccc(C(=O)Nc2ccc(CN3CCN(C(=O)CCSc4cccc5c4CN(C4CCC(=O)NC4=O)C5=O)CC3)c(C(F)(F)F)c2)cc1C#Cc1cnc2cccnn12. The van der Waals surface area contributed by atoms with Crippen LogP contribution in [0.2, 0.25) is 0 Å². The molecule has 5 heterocycles. The Morgan fingerprint density at radius 3 is 2.59 bits per heavy atom. The molecule has 13 nitrogen and oxygen atoms in total. The first-order chi connectivity index (χ1) is 29.3. The number of nitrogens with one attached hydrogen (secondary N) is 2. The fraction of sp³-hybridized carbons (Fsp3) is 0.295. The largest absolute Gasteiger partial charge is 0.416 e. The number of nitrogens with zero attached hydrogens (tertiary/aromatic N) is 6. The van der Waals surface area contributed by atoms with Crippen LogP contribution in [-0.2, 0) is 33.6 Å². The van der Waals surface area contributed by atoms with Crippen LogP contribution >= 0.6 is 11.8 Å². The topological polar surface area (TPSA) is 149 Å². The molecule has 0 saturated carbocycles.